The van der Waals surface area contributed by atoms with E-state index in [4.69, 9.17) is 9.47 Å². The van der Waals surface area contributed by atoms with Gasteiger partial charge in [0.25, 0.3) is 0 Å². The average Bonchev–Trinajstić information content (AvgIpc) is 2.25. The van der Waals surface area contributed by atoms with Crippen LogP contribution in [0.5, 0.6) is 0 Å². The third kappa shape index (κ3) is 5.38. The van der Waals surface area contributed by atoms with Gasteiger partial charge in [-0.25, -0.2) is 4.79 Å². The van der Waals surface area contributed by atoms with Gasteiger partial charge in [0.1, 0.15) is 6.54 Å². The van der Waals surface area contributed by atoms with Crippen molar-refractivity contribution in [3.63, 3.8) is 0 Å². The van der Waals surface area contributed by atoms with Gasteiger partial charge in [-0.2, -0.15) is 0 Å². The molecule has 0 heterocycles. The standard InChI is InChI=1S/C11H19NO4/c1-5-15-10(13)7-12-9(4)8(3)11(14)16-6-2/h12H,5-7H2,1-4H3. The Morgan fingerprint density at radius 1 is 1.06 bits per heavy atom. The molecule has 5 nitrogen and oxygen atoms in total. The summed E-state index contributed by atoms with van der Waals surface area (Å²) >= 11 is 0. The lowest BCUT2D eigenvalue weighted by Gasteiger charge is -2.09. The zero-order valence-corrected chi connectivity index (χ0v) is 10.3. The molecule has 5 heteroatoms. The smallest absolute Gasteiger partial charge is 0.335 e. The average molecular weight is 229 g/mol. The van der Waals surface area contributed by atoms with Crippen molar-refractivity contribution in [3.8, 4) is 0 Å². The topological polar surface area (TPSA) is 64.6 Å². The quantitative estimate of drug-likeness (QED) is 0.543. The van der Waals surface area contributed by atoms with Crippen molar-refractivity contribution in [2.75, 3.05) is 19.8 Å². The maximum atomic E-state index is 11.3. The molecule has 16 heavy (non-hydrogen) atoms. The molecule has 0 atom stereocenters. The van der Waals surface area contributed by atoms with Gasteiger partial charge in [-0.3, -0.25) is 4.79 Å². The van der Waals surface area contributed by atoms with E-state index in [1.807, 2.05) is 0 Å². The maximum absolute atomic E-state index is 11.3. The monoisotopic (exact) mass is 229 g/mol. The Balaban J connectivity index is 4.21. The fourth-order valence-corrected chi connectivity index (χ4v) is 0.942. The molecule has 0 radical (unpaired) electrons. The number of hydrogen-bond acceptors (Lipinski definition) is 5. The molecule has 0 aromatic rings. The van der Waals surface area contributed by atoms with E-state index in [2.05, 4.69) is 5.32 Å². The summed E-state index contributed by atoms with van der Waals surface area (Å²) in [5, 5.41) is 2.81. The predicted octanol–water partition coefficient (Wildman–Crippen LogP) is 0.996. The third-order valence-corrected chi connectivity index (χ3v) is 1.95. The summed E-state index contributed by atoms with van der Waals surface area (Å²) in [6.45, 7) is 7.58. The van der Waals surface area contributed by atoms with E-state index in [-0.39, 0.29) is 18.5 Å². The molecule has 0 bridgehead atoms. The van der Waals surface area contributed by atoms with E-state index in [1.54, 1.807) is 27.7 Å². The van der Waals surface area contributed by atoms with Gasteiger partial charge in [-0.05, 0) is 27.7 Å². The van der Waals surface area contributed by atoms with Crippen molar-refractivity contribution in [3.05, 3.63) is 11.3 Å². The first-order valence-electron chi connectivity index (χ1n) is 5.27. The zero-order valence-electron chi connectivity index (χ0n) is 10.3. The zero-order chi connectivity index (χ0) is 12.6. The van der Waals surface area contributed by atoms with Crippen LogP contribution in [-0.4, -0.2) is 31.7 Å². The van der Waals surface area contributed by atoms with E-state index in [0.717, 1.165) is 0 Å². The SMILES string of the molecule is CCOC(=O)CNC(C)=C(C)C(=O)OCC. The number of allylic oxidation sites excluding steroid dienone is 1. The Morgan fingerprint density at radius 3 is 2.12 bits per heavy atom. The van der Waals surface area contributed by atoms with Crippen LogP contribution >= 0.6 is 0 Å². The molecule has 92 valence electrons. The number of carbonyl (C=O) groups excluding carboxylic acids is 2. The minimum absolute atomic E-state index is 0.0520. The van der Waals surface area contributed by atoms with E-state index in [1.165, 1.54) is 0 Å². The Morgan fingerprint density at radius 2 is 1.62 bits per heavy atom. The highest BCUT2D eigenvalue weighted by atomic mass is 16.5. The molecule has 0 saturated heterocycles. The number of nitrogens with one attached hydrogen (secondary N) is 1. The van der Waals surface area contributed by atoms with Crippen LogP contribution in [0, 0.1) is 0 Å². The lowest BCUT2D eigenvalue weighted by molar-refractivity contribution is -0.142. The number of esters is 2. The first-order chi connectivity index (χ1) is 7.52. The van der Waals surface area contributed by atoms with Crippen LogP contribution in [0.2, 0.25) is 0 Å². The van der Waals surface area contributed by atoms with Gasteiger partial charge < -0.3 is 14.8 Å². The molecule has 0 unspecified atom stereocenters. The summed E-state index contributed by atoms with van der Waals surface area (Å²) < 4.78 is 9.57. The Labute approximate surface area is 95.8 Å². The van der Waals surface area contributed by atoms with Gasteiger partial charge in [-0.1, -0.05) is 0 Å². The molecular weight excluding hydrogens is 210 g/mol. The molecule has 0 aromatic carbocycles. The van der Waals surface area contributed by atoms with E-state index >= 15 is 0 Å². The Kier molecular flexibility index (Phi) is 7.00. The Bertz CT molecular complexity index is 284. The third-order valence-electron chi connectivity index (χ3n) is 1.95. The number of carbonyl (C=O) groups is 2. The van der Waals surface area contributed by atoms with E-state index in [0.29, 0.717) is 24.5 Å². The number of rotatable bonds is 6. The fourth-order valence-electron chi connectivity index (χ4n) is 0.942. The maximum Gasteiger partial charge on any atom is 0.335 e. The molecule has 0 rings (SSSR count). The largest absolute Gasteiger partial charge is 0.465 e. The predicted molar refractivity (Wildman–Crippen MR) is 59.6 cm³/mol. The first kappa shape index (κ1) is 14.5. The highest BCUT2D eigenvalue weighted by Crippen LogP contribution is 2.02. The fraction of sp³-hybridized carbons (Fsp3) is 0.636. The van der Waals surface area contributed by atoms with Crippen LogP contribution in [0.3, 0.4) is 0 Å². The van der Waals surface area contributed by atoms with Crippen molar-refractivity contribution in [2.45, 2.75) is 27.7 Å². The molecule has 0 aliphatic rings. The molecule has 0 fully saturated rings. The van der Waals surface area contributed by atoms with E-state index in [9.17, 15) is 9.59 Å². The van der Waals surface area contributed by atoms with Gasteiger partial charge in [0.15, 0.2) is 0 Å². The van der Waals surface area contributed by atoms with Crippen molar-refractivity contribution in [2.24, 2.45) is 0 Å². The minimum atomic E-state index is -0.378. The van der Waals surface area contributed by atoms with Gasteiger partial charge in [0, 0.05) is 5.70 Å². The van der Waals surface area contributed by atoms with Crippen LogP contribution in [-0.2, 0) is 19.1 Å². The molecule has 1 N–H and O–H groups in total. The second-order valence-corrected chi connectivity index (χ2v) is 3.13. The molecule has 0 aliphatic carbocycles. The molecular formula is C11H19NO4. The summed E-state index contributed by atoms with van der Waals surface area (Å²) in [5.74, 6) is -0.727. The molecule has 0 aliphatic heterocycles. The van der Waals surface area contributed by atoms with Gasteiger partial charge in [-0.15, -0.1) is 0 Å². The van der Waals surface area contributed by atoms with Crippen molar-refractivity contribution >= 4 is 11.9 Å². The van der Waals surface area contributed by atoms with Crippen LogP contribution in [0.4, 0.5) is 0 Å². The summed E-state index contributed by atoms with van der Waals surface area (Å²) in [6, 6.07) is 0. The van der Waals surface area contributed by atoms with E-state index < -0.39 is 0 Å². The second kappa shape index (κ2) is 7.73. The summed E-state index contributed by atoms with van der Waals surface area (Å²) in [4.78, 5) is 22.4. The highest BCUT2D eigenvalue weighted by molar-refractivity contribution is 5.88. The van der Waals surface area contributed by atoms with Crippen LogP contribution in [0.15, 0.2) is 11.3 Å². The number of hydrogen-bond donors (Lipinski definition) is 1. The van der Waals surface area contributed by atoms with Crippen molar-refractivity contribution in [1.29, 1.82) is 0 Å². The summed E-state index contributed by atoms with van der Waals surface area (Å²) in [5.41, 5.74) is 1.08. The van der Waals surface area contributed by atoms with Crippen LogP contribution < -0.4 is 5.32 Å². The lowest BCUT2D eigenvalue weighted by atomic mass is 10.2. The highest BCUT2D eigenvalue weighted by Gasteiger charge is 2.09. The number of ether oxygens (including phenoxy) is 2. The summed E-state index contributed by atoms with van der Waals surface area (Å²) in [6.07, 6.45) is 0. The molecule has 0 saturated carbocycles. The Hall–Kier alpha value is -1.52. The molecule has 0 amide bonds. The van der Waals surface area contributed by atoms with Crippen molar-refractivity contribution < 1.29 is 19.1 Å². The second-order valence-electron chi connectivity index (χ2n) is 3.13. The molecule has 0 aromatic heterocycles. The van der Waals surface area contributed by atoms with Gasteiger partial charge in [0.2, 0.25) is 0 Å². The van der Waals surface area contributed by atoms with Crippen molar-refractivity contribution in [1.82, 2.24) is 5.32 Å². The lowest BCUT2D eigenvalue weighted by Crippen LogP contribution is -2.25. The first-order valence-corrected chi connectivity index (χ1v) is 5.27. The normalized spacial score (nSPS) is 11.5. The minimum Gasteiger partial charge on any atom is -0.465 e. The summed E-state index contributed by atoms with van der Waals surface area (Å²) in [7, 11) is 0. The molecule has 0 spiro atoms. The van der Waals surface area contributed by atoms with Gasteiger partial charge >= 0.3 is 11.9 Å². The van der Waals surface area contributed by atoms with Crippen LogP contribution in [0.1, 0.15) is 27.7 Å². The van der Waals surface area contributed by atoms with Gasteiger partial charge in [0.05, 0.1) is 18.8 Å². The van der Waals surface area contributed by atoms with Crippen LogP contribution in [0.25, 0.3) is 0 Å².